The summed E-state index contributed by atoms with van der Waals surface area (Å²) < 4.78 is 0. The van der Waals surface area contributed by atoms with Crippen molar-refractivity contribution < 1.29 is 0 Å². The number of rotatable bonds is 4. The van der Waals surface area contributed by atoms with Crippen LogP contribution in [0.3, 0.4) is 0 Å². The average Bonchev–Trinajstić information content (AvgIpc) is 2.43. The Morgan fingerprint density at radius 3 is 2.45 bits per heavy atom. The van der Waals surface area contributed by atoms with Crippen molar-refractivity contribution in [2.24, 2.45) is 5.92 Å². The fourth-order valence-electron chi connectivity index (χ4n) is 2.09. The Labute approximate surface area is 120 Å². The predicted octanol–water partition coefficient (Wildman–Crippen LogP) is 4.08. The molecule has 3 N–H and O–H groups in total. The van der Waals surface area contributed by atoms with Crippen molar-refractivity contribution in [3.63, 3.8) is 0 Å². The van der Waals surface area contributed by atoms with Crippen molar-refractivity contribution in [2.45, 2.75) is 20.3 Å². The molecule has 0 atom stereocenters. The molecule has 102 valence electrons. The van der Waals surface area contributed by atoms with E-state index in [1.54, 1.807) is 18.2 Å². The summed E-state index contributed by atoms with van der Waals surface area (Å²) >= 11 is 0. The first-order valence-corrected chi connectivity index (χ1v) is 6.74. The van der Waals surface area contributed by atoms with Gasteiger partial charge < -0.3 is 11.1 Å². The van der Waals surface area contributed by atoms with Crippen LogP contribution in [0.1, 0.15) is 25.0 Å². The van der Waals surface area contributed by atoms with Gasteiger partial charge >= 0.3 is 0 Å². The quantitative estimate of drug-likeness (QED) is 0.819. The van der Waals surface area contributed by atoms with Gasteiger partial charge in [0.2, 0.25) is 0 Å². The Hall–Kier alpha value is -2.47. The second kappa shape index (κ2) is 6.12. The molecular formula is C17H19N3. The van der Waals surface area contributed by atoms with Crippen molar-refractivity contribution in [1.29, 1.82) is 5.26 Å². The van der Waals surface area contributed by atoms with Crippen LogP contribution in [0.2, 0.25) is 0 Å². The molecule has 2 aromatic carbocycles. The molecule has 0 aromatic heterocycles. The molecule has 0 saturated heterocycles. The first kappa shape index (κ1) is 14.0. The molecule has 0 aliphatic carbocycles. The SMILES string of the molecule is CC(C)Cc1ccc(Nc2cc(C#N)ccc2N)cc1. The lowest BCUT2D eigenvalue weighted by atomic mass is 10.0. The van der Waals surface area contributed by atoms with Crippen LogP contribution in [0.25, 0.3) is 0 Å². The third-order valence-electron chi connectivity index (χ3n) is 3.06. The highest BCUT2D eigenvalue weighted by molar-refractivity contribution is 5.74. The van der Waals surface area contributed by atoms with Gasteiger partial charge in [-0.1, -0.05) is 26.0 Å². The molecule has 0 unspecified atom stereocenters. The molecule has 0 spiro atoms. The third kappa shape index (κ3) is 3.52. The van der Waals surface area contributed by atoms with Crippen molar-refractivity contribution in [1.82, 2.24) is 0 Å². The maximum atomic E-state index is 8.92. The summed E-state index contributed by atoms with van der Waals surface area (Å²) in [6.45, 7) is 4.42. The van der Waals surface area contributed by atoms with Gasteiger partial charge in [0.05, 0.1) is 23.0 Å². The Balaban J connectivity index is 2.16. The van der Waals surface area contributed by atoms with Gasteiger partial charge in [0.1, 0.15) is 0 Å². The van der Waals surface area contributed by atoms with Crippen LogP contribution in [0.4, 0.5) is 17.1 Å². The van der Waals surface area contributed by atoms with Crippen LogP contribution in [0.15, 0.2) is 42.5 Å². The van der Waals surface area contributed by atoms with Crippen LogP contribution in [0, 0.1) is 17.2 Å². The number of nitriles is 1. The smallest absolute Gasteiger partial charge is 0.0992 e. The van der Waals surface area contributed by atoms with Gasteiger partial charge in [-0.2, -0.15) is 5.26 Å². The molecule has 2 aromatic rings. The summed E-state index contributed by atoms with van der Waals surface area (Å²) in [5, 5.41) is 12.2. The van der Waals surface area contributed by atoms with E-state index in [1.165, 1.54) is 5.56 Å². The zero-order chi connectivity index (χ0) is 14.5. The maximum Gasteiger partial charge on any atom is 0.0992 e. The highest BCUT2D eigenvalue weighted by Gasteiger charge is 2.03. The number of hydrogen-bond donors (Lipinski definition) is 2. The average molecular weight is 265 g/mol. The Morgan fingerprint density at radius 1 is 1.15 bits per heavy atom. The molecule has 0 amide bonds. The second-order valence-corrected chi connectivity index (χ2v) is 5.33. The minimum absolute atomic E-state index is 0.595. The zero-order valence-electron chi connectivity index (χ0n) is 11.9. The normalized spacial score (nSPS) is 10.3. The predicted molar refractivity (Wildman–Crippen MR) is 83.8 cm³/mol. The first-order valence-electron chi connectivity index (χ1n) is 6.74. The van der Waals surface area contributed by atoms with E-state index in [2.05, 4.69) is 37.4 Å². The first-order chi connectivity index (χ1) is 9.58. The second-order valence-electron chi connectivity index (χ2n) is 5.33. The summed E-state index contributed by atoms with van der Waals surface area (Å²) in [5.74, 6) is 0.650. The maximum absolute atomic E-state index is 8.92. The molecule has 3 heteroatoms. The number of hydrogen-bond acceptors (Lipinski definition) is 3. The molecule has 3 nitrogen and oxygen atoms in total. The number of nitrogen functional groups attached to an aromatic ring is 1. The topological polar surface area (TPSA) is 61.8 Å². The van der Waals surface area contributed by atoms with E-state index >= 15 is 0 Å². The molecule has 0 fully saturated rings. The van der Waals surface area contributed by atoms with E-state index in [9.17, 15) is 0 Å². The molecular weight excluding hydrogens is 246 g/mol. The van der Waals surface area contributed by atoms with Gasteiger partial charge in [-0.3, -0.25) is 0 Å². The van der Waals surface area contributed by atoms with Crippen LogP contribution in [0.5, 0.6) is 0 Å². The number of anilines is 3. The molecule has 20 heavy (non-hydrogen) atoms. The van der Waals surface area contributed by atoms with Crippen LogP contribution in [-0.4, -0.2) is 0 Å². The largest absolute Gasteiger partial charge is 0.397 e. The summed E-state index contributed by atoms with van der Waals surface area (Å²) in [7, 11) is 0. The Bertz CT molecular complexity index is 622. The lowest BCUT2D eigenvalue weighted by Crippen LogP contribution is -1.98. The van der Waals surface area contributed by atoms with Crippen LogP contribution >= 0.6 is 0 Å². The zero-order valence-corrected chi connectivity index (χ0v) is 11.9. The Kier molecular flexibility index (Phi) is 4.27. The number of nitrogens with one attached hydrogen (secondary N) is 1. The minimum atomic E-state index is 0.595. The van der Waals surface area contributed by atoms with Gasteiger partial charge in [-0.25, -0.2) is 0 Å². The standard InChI is InChI=1S/C17H19N3/c1-12(2)9-13-3-6-15(7-4-13)20-17-10-14(11-18)5-8-16(17)19/h3-8,10,12,20H,9,19H2,1-2H3. The summed E-state index contributed by atoms with van der Waals surface area (Å²) in [6.07, 6.45) is 1.08. The lowest BCUT2D eigenvalue weighted by molar-refractivity contribution is 0.647. The van der Waals surface area contributed by atoms with Gasteiger partial charge in [0.15, 0.2) is 0 Å². The van der Waals surface area contributed by atoms with E-state index in [1.807, 2.05) is 12.1 Å². The molecule has 0 aliphatic heterocycles. The number of nitrogens with zero attached hydrogens (tertiary/aromatic N) is 1. The van der Waals surface area contributed by atoms with Crippen molar-refractivity contribution in [3.05, 3.63) is 53.6 Å². The van der Waals surface area contributed by atoms with Gasteiger partial charge in [-0.15, -0.1) is 0 Å². The van der Waals surface area contributed by atoms with Crippen LogP contribution in [-0.2, 0) is 6.42 Å². The Morgan fingerprint density at radius 2 is 1.85 bits per heavy atom. The highest BCUT2D eigenvalue weighted by Crippen LogP contribution is 2.24. The van der Waals surface area contributed by atoms with Crippen molar-refractivity contribution >= 4 is 17.1 Å². The van der Waals surface area contributed by atoms with E-state index in [-0.39, 0.29) is 0 Å². The highest BCUT2D eigenvalue weighted by atomic mass is 14.9. The molecule has 0 bridgehead atoms. The molecule has 0 radical (unpaired) electrons. The van der Waals surface area contributed by atoms with E-state index in [0.717, 1.165) is 17.8 Å². The van der Waals surface area contributed by atoms with E-state index in [4.69, 9.17) is 11.0 Å². The minimum Gasteiger partial charge on any atom is -0.397 e. The van der Waals surface area contributed by atoms with E-state index < -0.39 is 0 Å². The van der Waals surface area contributed by atoms with Gasteiger partial charge in [0, 0.05) is 5.69 Å². The van der Waals surface area contributed by atoms with Crippen LogP contribution < -0.4 is 11.1 Å². The molecule has 0 aliphatic rings. The monoisotopic (exact) mass is 265 g/mol. The van der Waals surface area contributed by atoms with Crippen molar-refractivity contribution in [2.75, 3.05) is 11.1 Å². The summed E-state index contributed by atoms with van der Waals surface area (Å²) in [6, 6.07) is 15.6. The number of nitrogens with two attached hydrogens (primary N) is 1. The lowest BCUT2D eigenvalue weighted by Gasteiger charge is -2.11. The van der Waals surface area contributed by atoms with E-state index in [0.29, 0.717) is 17.2 Å². The van der Waals surface area contributed by atoms with Gasteiger partial charge in [0.25, 0.3) is 0 Å². The van der Waals surface area contributed by atoms with Gasteiger partial charge in [-0.05, 0) is 48.2 Å². The molecule has 0 heterocycles. The fraction of sp³-hybridized carbons (Fsp3) is 0.235. The summed E-state index contributed by atoms with van der Waals surface area (Å²) in [4.78, 5) is 0. The number of benzene rings is 2. The molecule has 0 saturated carbocycles. The molecule has 2 rings (SSSR count). The summed E-state index contributed by atoms with van der Waals surface area (Å²) in [5.41, 5.74) is 10.2. The third-order valence-corrected chi connectivity index (χ3v) is 3.06. The fourth-order valence-corrected chi connectivity index (χ4v) is 2.09. The van der Waals surface area contributed by atoms with Crippen molar-refractivity contribution in [3.8, 4) is 6.07 Å².